The SMILES string of the molecule is O=C[C@@H](Cc1ccccc1)[N+]1([O-])CCCC1. The predicted octanol–water partition coefficient (Wildman–Crippen LogP) is 1.91. The number of hydrogen-bond donors (Lipinski definition) is 0. The minimum atomic E-state index is -0.426. The Hall–Kier alpha value is -1.19. The first kappa shape index (κ1) is 11.3. The molecular weight excluding hydrogens is 202 g/mol. The molecule has 16 heavy (non-hydrogen) atoms. The number of quaternary nitrogens is 1. The van der Waals surface area contributed by atoms with E-state index < -0.39 is 6.04 Å². The molecule has 0 saturated carbocycles. The number of aldehydes is 1. The zero-order valence-corrected chi connectivity index (χ0v) is 9.34. The molecule has 1 aromatic rings. The van der Waals surface area contributed by atoms with Gasteiger partial charge in [0.1, 0.15) is 6.04 Å². The fourth-order valence-corrected chi connectivity index (χ4v) is 2.38. The highest BCUT2D eigenvalue weighted by Crippen LogP contribution is 2.23. The first-order chi connectivity index (χ1) is 7.74. The molecule has 3 heteroatoms. The molecule has 0 amide bonds. The molecule has 1 aliphatic heterocycles. The van der Waals surface area contributed by atoms with E-state index >= 15 is 0 Å². The van der Waals surface area contributed by atoms with Crippen LogP contribution in [-0.2, 0) is 11.2 Å². The maximum atomic E-state index is 12.3. The Balaban J connectivity index is 2.09. The number of hydrogen-bond acceptors (Lipinski definition) is 2. The van der Waals surface area contributed by atoms with Gasteiger partial charge in [0.25, 0.3) is 0 Å². The molecule has 0 aromatic heterocycles. The summed E-state index contributed by atoms with van der Waals surface area (Å²) in [5, 5.41) is 12.3. The maximum absolute atomic E-state index is 12.3. The van der Waals surface area contributed by atoms with Crippen molar-refractivity contribution in [3.8, 4) is 0 Å². The summed E-state index contributed by atoms with van der Waals surface area (Å²) >= 11 is 0. The van der Waals surface area contributed by atoms with Crippen LogP contribution in [0.1, 0.15) is 18.4 Å². The molecule has 0 spiro atoms. The maximum Gasteiger partial charge on any atom is 0.177 e. The largest absolute Gasteiger partial charge is 0.632 e. The molecule has 0 aliphatic carbocycles. The third kappa shape index (κ3) is 2.31. The van der Waals surface area contributed by atoms with Gasteiger partial charge in [-0.2, -0.15) is 0 Å². The van der Waals surface area contributed by atoms with Gasteiger partial charge in [0, 0.05) is 19.3 Å². The Kier molecular flexibility index (Phi) is 3.36. The number of benzene rings is 1. The Morgan fingerprint density at radius 3 is 2.44 bits per heavy atom. The quantitative estimate of drug-likeness (QED) is 0.441. The number of hydroxylamine groups is 3. The summed E-state index contributed by atoms with van der Waals surface area (Å²) < 4.78 is -0.321. The standard InChI is InChI=1S/C13H17NO2/c15-11-13(14(16)8-4-5-9-14)10-12-6-2-1-3-7-12/h1-3,6-7,11,13H,4-5,8-10H2/t13-/m1/s1. The second-order valence-corrected chi connectivity index (χ2v) is 4.50. The summed E-state index contributed by atoms with van der Waals surface area (Å²) in [5.74, 6) is 0. The van der Waals surface area contributed by atoms with E-state index in [0.717, 1.165) is 24.7 Å². The molecule has 2 rings (SSSR count). The van der Waals surface area contributed by atoms with Gasteiger partial charge in [-0.15, -0.1) is 0 Å². The van der Waals surface area contributed by atoms with Crippen LogP contribution in [0.15, 0.2) is 30.3 Å². The Labute approximate surface area is 95.9 Å². The lowest BCUT2D eigenvalue weighted by Crippen LogP contribution is -2.50. The molecule has 1 fully saturated rings. The fourth-order valence-electron chi connectivity index (χ4n) is 2.38. The molecule has 3 nitrogen and oxygen atoms in total. The number of likely N-dealkylation sites (tertiary alicyclic amines) is 1. The highest BCUT2D eigenvalue weighted by atomic mass is 16.5. The summed E-state index contributed by atoms with van der Waals surface area (Å²) in [5.41, 5.74) is 1.07. The Morgan fingerprint density at radius 1 is 1.25 bits per heavy atom. The van der Waals surface area contributed by atoms with Gasteiger partial charge in [0.15, 0.2) is 6.29 Å². The first-order valence-corrected chi connectivity index (χ1v) is 5.81. The molecule has 1 aromatic carbocycles. The number of nitrogens with zero attached hydrogens (tertiary/aromatic N) is 1. The third-order valence-corrected chi connectivity index (χ3v) is 3.37. The van der Waals surface area contributed by atoms with Crippen LogP contribution >= 0.6 is 0 Å². The number of rotatable bonds is 4. The number of carbonyl (C=O) groups excluding carboxylic acids is 1. The smallest absolute Gasteiger partial charge is 0.177 e. The van der Waals surface area contributed by atoms with Crippen LogP contribution in [0, 0.1) is 5.21 Å². The van der Waals surface area contributed by atoms with E-state index in [1.165, 1.54) is 0 Å². The Bertz CT molecular complexity index is 344. The molecule has 86 valence electrons. The van der Waals surface area contributed by atoms with Crippen molar-refractivity contribution < 1.29 is 9.44 Å². The van der Waals surface area contributed by atoms with Crippen LogP contribution in [0.5, 0.6) is 0 Å². The molecule has 0 unspecified atom stereocenters. The van der Waals surface area contributed by atoms with E-state index in [4.69, 9.17) is 0 Å². The van der Waals surface area contributed by atoms with E-state index in [9.17, 15) is 10.0 Å². The topological polar surface area (TPSA) is 40.1 Å². The van der Waals surface area contributed by atoms with Crippen LogP contribution in [0.25, 0.3) is 0 Å². The van der Waals surface area contributed by atoms with Crippen LogP contribution in [-0.4, -0.2) is 30.1 Å². The molecule has 1 saturated heterocycles. The van der Waals surface area contributed by atoms with E-state index in [-0.39, 0.29) is 4.65 Å². The van der Waals surface area contributed by atoms with Gasteiger partial charge in [0.05, 0.1) is 13.1 Å². The van der Waals surface area contributed by atoms with Crippen molar-refractivity contribution in [2.45, 2.75) is 25.3 Å². The molecule has 0 bridgehead atoms. The van der Waals surface area contributed by atoms with Crippen molar-refractivity contribution in [3.63, 3.8) is 0 Å². The third-order valence-electron chi connectivity index (χ3n) is 3.37. The van der Waals surface area contributed by atoms with Crippen LogP contribution in [0.2, 0.25) is 0 Å². The molecule has 1 aliphatic rings. The van der Waals surface area contributed by atoms with E-state index in [2.05, 4.69) is 0 Å². The molecule has 1 heterocycles. The van der Waals surface area contributed by atoms with Crippen molar-refractivity contribution >= 4 is 6.29 Å². The Morgan fingerprint density at radius 2 is 1.88 bits per heavy atom. The normalized spacial score (nSPS) is 20.6. The van der Waals surface area contributed by atoms with Crippen LogP contribution in [0.3, 0.4) is 0 Å². The lowest BCUT2D eigenvalue weighted by Gasteiger charge is -2.43. The van der Waals surface area contributed by atoms with Gasteiger partial charge in [-0.25, -0.2) is 0 Å². The van der Waals surface area contributed by atoms with Gasteiger partial charge < -0.3 is 9.85 Å². The second-order valence-electron chi connectivity index (χ2n) is 4.50. The van der Waals surface area contributed by atoms with Gasteiger partial charge in [-0.05, 0) is 5.56 Å². The predicted molar refractivity (Wildman–Crippen MR) is 62.6 cm³/mol. The van der Waals surface area contributed by atoms with Gasteiger partial charge in [-0.1, -0.05) is 30.3 Å². The van der Waals surface area contributed by atoms with Crippen LogP contribution in [0.4, 0.5) is 0 Å². The number of carbonyl (C=O) groups is 1. The minimum Gasteiger partial charge on any atom is -0.632 e. The average Bonchev–Trinajstić information content (AvgIpc) is 2.75. The van der Waals surface area contributed by atoms with Crippen molar-refractivity contribution in [1.29, 1.82) is 0 Å². The van der Waals surface area contributed by atoms with Crippen molar-refractivity contribution in [2.24, 2.45) is 0 Å². The van der Waals surface area contributed by atoms with Gasteiger partial charge in [0.2, 0.25) is 0 Å². The lowest BCUT2D eigenvalue weighted by molar-refractivity contribution is -0.883. The zero-order chi connectivity index (χ0) is 11.4. The minimum absolute atomic E-state index is 0.321. The summed E-state index contributed by atoms with van der Waals surface area (Å²) in [4.78, 5) is 11.1. The van der Waals surface area contributed by atoms with E-state index in [0.29, 0.717) is 19.5 Å². The highest BCUT2D eigenvalue weighted by Gasteiger charge is 2.32. The summed E-state index contributed by atoms with van der Waals surface area (Å²) in [7, 11) is 0. The second kappa shape index (κ2) is 4.76. The van der Waals surface area contributed by atoms with Gasteiger partial charge in [-0.3, -0.25) is 4.79 Å². The van der Waals surface area contributed by atoms with Crippen molar-refractivity contribution in [2.75, 3.05) is 13.1 Å². The fraction of sp³-hybridized carbons (Fsp3) is 0.462. The summed E-state index contributed by atoms with van der Waals surface area (Å²) in [6.45, 7) is 1.19. The average molecular weight is 219 g/mol. The zero-order valence-electron chi connectivity index (χ0n) is 9.34. The molecular formula is C13H17NO2. The van der Waals surface area contributed by atoms with Crippen LogP contribution < -0.4 is 0 Å². The lowest BCUT2D eigenvalue weighted by atomic mass is 10.1. The highest BCUT2D eigenvalue weighted by molar-refractivity contribution is 5.56. The summed E-state index contributed by atoms with van der Waals surface area (Å²) in [6.07, 6.45) is 3.30. The van der Waals surface area contributed by atoms with Crippen molar-refractivity contribution in [3.05, 3.63) is 41.1 Å². The van der Waals surface area contributed by atoms with Crippen molar-refractivity contribution in [1.82, 2.24) is 0 Å². The molecule has 0 N–H and O–H groups in total. The summed E-state index contributed by atoms with van der Waals surface area (Å²) in [6, 6.07) is 9.34. The van der Waals surface area contributed by atoms with Gasteiger partial charge >= 0.3 is 0 Å². The van der Waals surface area contributed by atoms with E-state index in [1.807, 2.05) is 30.3 Å². The molecule has 0 radical (unpaired) electrons. The van der Waals surface area contributed by atoms with E-state index in [1.54, 1.807) is 0 Å². The first-order valence-electron chi connectivity index (χ1n) is 5.81. The monoisotopic (exact) mass is 219 g/mol. The molecule has 1 atom stereocenters.